The Bertz CT molecular complexity index is 655. The molecule has 2 amide bonds. The predicted molar refractivity (Wildman–Crippen MR) is 77.7 cm³/mol. The summed E-state index contributed by atoms with van der Waals surface area (Å²) in [5.74, 6) is -0.494. The van der Waals surface area contributed by atoms with Crippen LogP contribution in [0.3, 0.4) is 0 Å². The minimum atomic E-state index is -1.12. The number of hydrogen-bond acceptors (Lipinski definition) is 3. The summed E-state index contributed by atoms with van der Waals surface area (Å²) in [6.07, 6.45) is 1.52. The number of carboxylic acids is 1. The maximum Gasteiger partial charge on any atom is 0.337 e. The second-order valence-electron chi connectivity index (χ2n) is 4.34. The Kier molecular flexibility index (Phi) is 4.49. The highest BCUT2D eigenvalue weighted by atomic mass is 35.5. The molecule has 110 valence electrons. The van der Waals surface area contributed by atoms with Crippen molar-refractivity contribution >= 4 is 29.3 Å². The first-order chi connectivity index (χ1) is 9.97. The maximum atomic E-state index is 11.8. The molecule has 0 fully saturated rings. The van der Waals surface area contributed by atoms with Crippen LogP contribution in [0.4, 0.5) is 10.5 Å². The summed E-state index contributed by atoms with van der Waals surface area (Å²) in [6.45, 7) is 1.78. The standard InChI is InChI=1S/C14H13ClN2O4/c1-8(12-3-2-6-21-12)16-14(20)17-9-4-5-10(13(18)19)11(15)7-9/h2-8H,1H3,(H,18,19)(H2,16,17,20). The summed E-state index contributed by atoms with van der Waals surface area (Å²) < 4.78 is 5.18. The van der Waals surface area contributed by atoms with E-state index in [1.807, 2.05) is 0 Å². The molecule has 0 spiro atoms. The average Bonchev–Trinajstić information content (AvgIpc) is 2.91. The molecular formula is C14H13ClN2O4. The van der Waals surface area contributed by atoms with Crippen LogP contribution in [0.2, 0.25) is 5.02 Å². The van der Waals surface area contributed by atoms with Gasteiger partial charge in [0.05, 0.1) is 22.9 Å². The van der Waals surface area contributed by atoms with E-state index in [1.54, 1.807) is 19.1 Å². The van der Waals surface area contributed by atoms with Gasteiger partial charge in [0.25, 0.3) is 0 Å². The largest absolute Gasteiger partial charge is 0.478 e. The van der Waals surface area contributed by atoms with Crippen LogP contribution in [0.1, 0.15) is 29.1 Å². The van der Waals surface area contributed by atoms with E-state index in [9.17, 15) is 9.59 Å². The Morgan fingerprint density at radius 2 is 2.10 bits per heavy atom. The highest BCUT2D eigenvalue weighted by Gasteiger charge is 2.13. The van der Waals surface area contributed by atoms with E-state index in [0.717, 1.165) is 0 Å². The van der Waals surface area contributed by atoms with Crippen molar-refractivity contribution in [3.63, 3.8) is 0 Å². The van der Waals surface area contributed by atoms with Crippen LogP contribution in [-0.4, -0.2) is 17.1 Å². The number of carboxylic acid groups (broad SMARTS) is 1. The van der Waals surface area contributed by atoms with Crippen molar-refractivity contribution in [1.29, 1.82) is 0 Å². The fourth-order valence-electron chi connectivity index (χ4n) is 1.74. The molecule has 6 nitrogen and oxygen atoms in total. The van der Waals surface area contributed by atoms with Gasteiger partial charge in [0, 0.05) is 5.69 Å². The van der Waals surface area contributed by atoms with E-state index in [-0.39, 0.29) is 16.6 Å². The number of halogens is 1. The monoisotopic (exact) mass is 308 g/mol. The number of benzene rings is 1. The van der Waals surface area contributed by atoms with Crippen LogP contribution in [0.25, 0.3) is 0 Å². The van der Waals surface area contributed by atoms with Crippen molar-refractivity contribution in [3.05, 3.63) is 52.9 Å². The smallest absolute Gasteiger partial charge is 0.337 e. The molecule has 0 saturated heterocycles. The molecule has 0 aliphatic heterocycles. The van der Waals surface area contributed by atoms with Gasteiger partial charge in [0.15, 0.2) is 0 Å². The molecule has 0 bridgehead atoms. The Morgan fingerprint density at radius 3 is 2.67 bits per heavy atom. The quantitative estimate of drug-likeness (QED) is 0.806. The van der Waals surface area contributed by atoms with Crippen molar-refractivity contribution in [2.24, 2.45) is 0 Å². The lowest BCUT2D eigenvalue weighted by Crippen LogP contribution is -2.30. The first-order valence-electron chi connectivity index (χ1n) is 6.11. The zero-order chi connectivity index (χ0) is 15.4. The zero-order valence-corrected chi connectivity index (χ0v) is 11.8. The average molecular weight is 309 g/mol. The van der Waals surface area contributed by atoms with Crippen molar-refractivity contribution in [2.45, 2.75) is 13.0 Å². The van der Waals surface area contributed by atoms with Gasteiger partial charge in [-0.2, -0.15) is 0 Å². The Morgan fingerprint density at radius 1 is 1.33 bits per heavy atom. The summed E-state index contributed by atoms with van der Waals surface area (Å²) in [7, 11) is 0. The Balaban J connectivity index is 2.00. The number of aromatic carboxylic acids is 1. The first kappa shape index (κ1) is 14.9. The van der Waals surface area contributed by atoms with Gasteiger partial charge in [-0.25, -0.2) is 9.59 Å². The number of urea groups is 1. The molecule has 1 unspecified atom stereocenters. The van der Waals surface area contributed by atoms with Gasteiger partial charge in [-0.05, 0) is 37.3 Å². The van der Waals surface area contributed by atoms with Gasteiger partial charge >= 0.3 is 12.0 Å². The summed E-state index contributed by atoms with van der Waals surface area (Å²) in [5.41, 5.74) is 0.376. The maximum absolute atomic E-state index is 11.8. The molecule has 2 rings (SSSR count). The topological polar surface area (TPSA) is 91.6 Å². The van der Waals surface area contributed by atoms with Gasteiger partial charge in [-0.1, -0.05) is 11.6 Å². The van der Waals surface area contributed by atoms with Crippen molar-refractivity contribution in [2.75, 3.05) is 5.32 Å². The van der Waals surface area contributed by atoms with Crippen LogP contribution in [0.15, 0.2) is 41.0 Å². The van der Waals surface area contributed by atoms with E-state index < -0.39 is 12.0 Å². The molecule has 1 aromatic carbocycles. The molecule has 1 atom stereocenters. The van der Waals surface area contributed by atoms with E-state index in [1.165, 1.54) is 24.5 Å². The highest BCUT2D eigenvalue weighted by molar-refractivity contribution is 6.33. The van der Waals surface area contributed by atoms with Gasteiger partial charge < -0.3 is 20.2 Å². The molecule has 0 saturated carbocycles. The summed E-state index contributed by atoms with van der Waals surface area (Å²) in [5, 5.41) is 14.2. The lowest BCUT2D eigenvalue weighted by molar-refractivity contribution is 0.0697. The third-order valence-corrected chi connectivity index (χ3v) is 3.09. The number of anilines is 1. The summed E-state index contributed by atoms with van der Waals surface area (Å²) in [4.78, 5) is 22.7. The minimum Gasteiger partial charge on any atom is -0.478 e. The van der Waals surface area contributed by atoms with Crippen LogP contribution in [-0.2, 0) is 0 Å². The molecule has 3 N–H and O–H groups in total. The third kappa shape index (κ3) is 3.76. The third-order valence-electron chi connectivity index (χ3n) is 2.77. The minimum absolute atomic E-state index is 0.0217. The summed E-state index contributed by atoms with van der Waals surface area (Å²) >= 11 is 5.83. The molecular weight excluding hydrogens is 296 g/mol. The van der Waals surface area contributed by atoms with Crippen LogP contribution in [0.5, 0.6) is 0 Å². The van der Waals surface area contributed by atoms with Crippen molar-refractivity contribution < 1.29 is 19.1 Å². The van der Waals surface area contributed by atoms with Crippen molar-refractivity contribution in [3.8, 4) is 0 Å². The fraction of sp³-hybridized carbons (Fsp3) is 0.143. The SMILES string of the molecule is CC(NC(=O)Nc1ccc(C(=O)O)c(Cl)c1)c1ccco1. The highest BCUT2D eigenvalue weighted by Crippen LogP contribution is 2.21. The number of furan rings is 1. The molecule has 0 aliphatic rings. The lowest BCUT2D eigenvalue weighted by Gasteiger charge is -2.13. The lowest BCUT2D eigenvalue weighted by atomic mass is 10.2. The Hall–Kier alpha value is -2.47. The number of hydrogen-bond donors (Lipinski definition) is 3. The molecule has 21 heavy (non-hydrogen) atoms. The van der Waals surface area contributed by atoms with Crippen LogP contribution < -0.4 is 10.6 Å². The zero-order valence-electron chi connectivity index (χ0n) is 11.1. The normalized spacial score (nSPS) is 11.7. The predicted octanol–water partition coefficient (Wildman–Crippen LogP) is 3.51. The summed E-state index contributed by atoms with van der Waals surface area (Å²) in [6, 6.07) is 6.91. The van der Waals surface area contributed by atoms with Gasteiger partial charge in [-0.15, -0.1) is 0 Å². The molecule has 0 aliphatic carbocycles. The Labute approximate surface area is 125 Å². The van der Waals surface area contributed by atoms with E-state index >= 15 is 0 Å². The second kappa shape index (κ2) is 6.32. The van der Waals surface area contributed by atoms with Crippen LogP contribution in [0, 0.1) is 0 Å². The second-order valence-corrected chi connectivity index (χ2v) is 4.74. The molecule has 0 radical (unpaired) electrons. The van der Waals surface area contributed by atoms with Gasteiger partial charge in [0.1, 0.15) is 5.76 Å². The number of carbonyl (C=O) groups excluding carboxylic acids is 1. The van der Waals surface area contributed by atoms with E-state index in [4.69, 9.17) is 21.1 Å². The molecule has 2 aromatic rings. The molecule has 1 heterocycles. The van der Waals surface area contributed by atoms with Crippen molar-refractivity contribution in [1.82, 2.24) is 5.32 Å². The number of carbonyl (C=O) groups is 2. The molecule has 1 aromatic heterocycles. The number of nitrogens with one attached hydrogen (secondary N) is 2. The first-order valence-corrected chi connectivity index (χ1v) is 6.49. The van der Waals surface area contributed by atoms with Crippen LogP contribution >= 0.6 is 11.6 Å². The fourth-order valence-corrected chi connectivity index (χ4v) is 2.00. The molecule has 7 heteroatoms. The van der Waals surface area contributed by atoms with E-state index in [0.29, 0.717) is 11.4 Å². The number of amides is 2. The van der Waals surface area contributed by atoms with Gasteiger partial charge in [0.2, 0.25) is 0 Å². The van der Waals surface area contributed by atoms with Gasteiger partial charge in [-0.3, -0.25) is 0 Å². The van der Waals surface area contributed by atoms with E-state index in [2.05, 4.69) is 10.6 Å². The number of rotatable bonds is 4.